The maximum Gasteiger partial charge on any atom is 0.322 e. The molecule has 2 fully saturated rings. The highest BCUT2D eigenvalue weighted by Gasteiger charge is 2.36. The predicted octanol–water partition coefficient (Wildman–Crippen LogP) is 4.45. The van der Waals surface area contributed by atoms with Gasteiger partial charge in [0.15, 0.2) is 5.13 Å². The van der Waals surface area contributed by atoms with E-state index in [1.807, 2.05) is 24.3 Å². The lowest BCUT2D eigenvalue weighted by Crippen LogP contribution is -2.56. The number of benzene rings is 1. The predicted molar refractivity (Wildman–Crippen MR) is 168 cm³/mol. The van der Waals surface area contributed by atoms with Crippen molar-refractivity contribution in [2.24, 2.45) is 5.92 Å². The molecule has 11 nitrogen and oxygen atoms in total. The number of fused-ring (bicyclic) bond motifs is 1. The number of anilines is 1. The van der Waals surface area contributed by atoms with Gasteiger partial charge in [0.2, 0.25) is 15.9 Å². The number of hydrogen-bond donors (Lipinski definition) is 2. The number of likely N-dealkylation sites (N-methyl/N-ethyl adjacent to an activating group) is 1. The van der Waals surface area contributed by atoms with Crippen LogP contribution in [-0.2, 0) is 19.6 Å². The van der Waals surface area contributed by atoms with E-state index in [1.54, 1.807) is 36.5 Å². The van der Waals surface area contributed by atoms with Gasteiger partial charge in [-0.25, -0.2) is 18.4 Å². The highest BCUT2D eigenvalue weighted by molar-refractivity contribution is 7.89. The molecule has 1 saturated carbocycles. The fraction of sp³-hybridized carbons (Fsp3) is 0.387. The Morgan fingerprint density at radius 1 is 1.02 bits per heavy atom. The number of carbonyl (C=O) groups excluding carboxylic acids is 1. The van der Waals surface area contributed by atoms with E-state index in [9.17, 15) is 23.1 Å². The first-order valence-electron chi connectivity index (χ1n) is 14.7. The number of pyridine rings is 2. The Morgan fingerprint density at radius 2 is 1.75 bits per heavy atom. The Balaban J connectivity index is 1.22. The van der Waals surface area contributed by atoms with Gasteiger partial charge >= 0.3 is 5.97 Å². The molecule has 1 aliphatic heterocycles. The molecule has 13 heteroatoms. The summed E-state index contributed by atoms with van der Waals surface area (Å²) in [6, 6.07) is 13.1. The van der Waals surface area contributed by atoms with Gasteiger partial charge < -0.3 is 10.4 Å². The molecule has 1 aliphatic carbocycles. The maximum atomic E-state index is 13.8. The smallest absolute Gasteiger partial charge is 0.322 e. The molecule has 230 valence electrons. The van der Waals surface area contributed by atoms with Crippen LogP contribution >= 0.6 is 11.3 Å². The van der Waals surface area contributed by atoms with Gasteiger partial charge in [-0.1, -0.05) is 49.2 Å². The van der Waals surface area contributed by atoms with Crippen molar-refractivity contribution in [2.45, 2.75) is 49.0 Å². The minimum atomic E-state index is -3.90. The van der Waals surface area contributed by atoms with Gasteiger partial charge in [-0.05, 0) is 61.3 Å². The number of carboxylic acids is 1. The van der Waals surface area contributed by atoms with E-state index in [1.165, 1.54) is 27.8 Å². The molecule has 2 N–H and O–H groups in total. The largest absolute Gasteiger partial charge is 0.480 e. The monoisotopic (exact) mass is 634 g/mol. The Kier molecular flexibility index (Phi) is 8.72. The van der Waals surface area contributed by atoms with Crippen LogP contribution in [0.1, 0.15) is 43.6 Å². The number of piperazine rings is 1. The van der Waals surface area contributed by atoms with E-state index in [4.69, 9.17) is 4.98 Å². The van der Waals surface area contributed by atoms with Crippen LogP contribution in [0, 0.1) is 5.92 Å². The summed E-state index contributed by atoms with van der Waals surface area (Å²) in [5, 5.41) is 13.0. The topological polar surface area (TPSA) is 146 Å². The molecule has 44 heavy (non-hydrogen) atoms. The van der Waals surface area contributed by atoms with Crippen molar-refractivity contribution >= 4 is 48.7 Å². The van der Waals surface area contributed by atoms with E-state index >= 15 is 0 Å². The third-order valence-electron chi connectivity index (χ3n) is 8.64. The zero-order valence-electron chi connectivity index (χ0n) is 24.3. The van der Waals surface area contributed by atoms with E-state index in [0.29, 0.717) is 34.4 Å². The molecular formula is C31H34N6O5S2. The SMILES string of the molecule is CN1CCN(S(=O)(=O)c2ccc(C(CC3CCCC3)C(=O)Nc3nc4ccc(-c5ccncc5)nc4s3)cc2)CC1C(=O)O. The van der Waals surface area contributed by atoms with Crippen LogP contribution in [0.15, 0.2) is 65.8 Å². The Bertz CT molecular complexity index is 1760. The molecule has 6 rings (SSSR count). The Labute approximate surface area is 260 Å². The molecule has 0 bridgehead atoms. The molecule has 1 saturated heterocycles. The highest BCUT2D eigenvalue weighted by Crippen LogP contribution is 2.36. The summed E-state index contributed by atoms with van der Waals surface area (Å²) in [7, 11) is -2.22. The van der Waals surface area contributed by atoms with Gasteiger partial charge in [-0.15, -0.1) is 0 Å². The van der Waals surface area contributed by atoms with Gasteiger partial charge in [-0.3, -0.25) is 19.5 Å². The summed E-state index contributed by atoms with van der Waals surface area (Å²) in [6.07, 6.45) is 8.50. The van der Waals surface area contributed by atoms with Crippen molar-refractivity contribution in [1.82, 2.24) is 24.2 Å². The summed E-state index contributed by atoms with van der Waals surface area (Å²) >= 11 is 1.31. The molecule has 0 spiro atoms. The lowest BCUT2D eigenvalue weighted by molar-refractivity contribution is -0.144. The quantitative estimate of drug-likeness (QED) is 0.273. The first-order chi connectivity index (χ1) is 21.2. The molecular weight excluding hydrogens is 601 g/mol. The summed E-state index contributed by atoms with van der Waals surface area (Å²) in [6.45, 7) is 0.409. The van der Waals surface area contributed by atoms with E-state index in [0.717, 1.165) is 42.5 Å². The average molecular weight is 635 g/mol. The molecule has 2 aliphatic rings. The minimum absolute atomic E-state index is 0.0808. The normalized spacial score (nSPS) is 19.2. The number of carbonyl (C=O) groups is 2. The van der Waals surface area contributed by atoms with Crippen LogP contribution in [0.4, 0.5) is 5.13 Å². The number of thiazole rings is 1. The first-order valence-corrected chi connectivity index (χ1v) is 17.0. The summed E-state index contributed by atoms with van der Waals surface area (Å²) in [4.78, 5) is 41.2. The highest BCUT2D eigenvalue weighted by atomic mass is 32.2. The second-order valence-corrected chi connectivity index (χ2v) is 14.4. The third-order valence-corrected chi connectivity index (χ3v) is 11.4. The van der Waals surface area contributed by atoms with Crippen LogP contribution in [0.5, 0.6) is 0 Å². The lowest BCUT2D eigenvalue weighted by Gasteiger charge is -2.36. The van der Waals surface area contributed by atoms with Gasteiger partial charge in [0.25, 0.3) is 0 Å². The van der Waals surface area contributed by atoms with Crippen molar-refractivity contribution in [3.05, 3.63) is 66.5 Å². The minimum Gasteiger partial charge on any atom is -0.480 e. The molecule has 3 aromatic heterocycles. The van der Waals surface area contributed by atoms with Gasteiger partial charge in [-0.2, -0.15) is 4.31 Å². The van der Waals surface area contributed by atoms with Crippen LogP contribution in [0.25, 0.3) is 21.6 Å². The Hall–Kier alpha value is -3.78. The number of sulfonamides is 1. The fourth-order valence-corrected chi connectivity index (χ4v) is 8.35. The number of aromatic nitrogens is 3. The van der Waals surface area contributed by atoms with Crippen molar-refractivity contribution in [3.63, 3.8) is 0 Å². The van der Waals surface area contributed by atoms with Crippen molar-refractivity contribution in [2.75, 3.05) is 32.0 Å². The molecule has 4 aromatic rings. The number of amides is 1. The third kappa shape index (κ3) is 6.36. The molecule has 1 amide bonds. The van der Waals surface area contributed by atoms with Crippen LogP contribution < -0.4 is 5.32 Å². The summed E-state index contributed by atoms with van der Waals surface area (Å²) < 4.78 is 28.1. The zero-order valence-corrected chi connectivity index (χ0v) is 25.9. The number of carboxylic acid groups (broad SMARTS) is 1. The molecule has 2 atom stereocenters. The van der Waals surface area contributed by atoms with Crippen molar-refractivity contribution < 1.29 is 23.1 Å². The molecule has 2 unspecified atom stereocenters. The van der Waals surface area contributed by atoms with Crippen molar-refractivity contribution in [3.8, 4) is 11.3 Å². The second kappa shape index (κ2) is 12.7. The standard InChI is InChI=1S/C31H34N6O5S2/c1-36-16-17-37(19-27(36)30(39)40)44(41,42)23-8-6-21(7-9-23)24(18-20-4-2-3-5-20)28(38)35-31-34-26-11-10-25(33-29(26)43-31)22-12-14-32-15-13-22/h6-15,20,24,27H,2-5,16-19H2,1H3,(H,39,40)(H,34,35,38). The van der Waals surface area contributed by atoms with Gasteiger partial charge in [0.1, 0.15) is 16.4 Å². The number of hydrogen-bond acceptors (Lipinski definition) is 9. The van der Waals surface area contributed by atoms with E-state index in [2.05, 4.69) is 15.3 Å². The number of nitrogens with zero attached hydrogens (tertiary/aromatic N) is 5. The lowest BCUT2D eigenvalue weighted by atomic mass is 9.87. The number of nitrogens with one attached hydrogen (secondary N) is 1. The van der Waals surface area contributed by atoms with Crippen LogP contribution in [0.3, 0.4) is 0 Å². The summed E-state index contributed by atoms with van der Waals surface area (Å²) in [5.74, 6) is -1.32. The van der Waals surface area contributed by atoms with E-state index < -0.39 is 28.0 Å². The summed E-state index contributed by atoms with van der Waals surface area (Å²) in [5.41, 5.74) is 3.16. The molecule has 0 radical (unpaired) electrons. The van der Waals surface area contributed by atoms with Gasteiger partial charge in [0, 0.05) is 37.6 Å². The second-order valence-electron chi connectivity index (χ2n) is 11.5. The molecule has 4 heterocycles. The van der Waals surface area contributed by atoms with Gasteiger partial charge in [0.05, 0.1) is 16.5 Å². The average Bonchev–Trinajstić information content (AvgIpc) is 3.69. The number of aliphatic carboxylic acids is 1. The van der Waals surface area contributed by atoms with Crippen molar-refractivity contribution in [1.29, 1.82) is 0 Å². The Morgan fingerprint density at radius 3 is 2.45 bits per heavy atom. The van der Waals surface area contributed by atoms with Crippen LogP contribution in [0.2, 0.25) is 0 Å². The zero-order chi connectivity index (χ0) is 30.8. The fourth-order valence-electron chi connectivity index (χ4n) is 6.08. The first kappa shape index (κ1) is 30.3. The molecule has 1 aromatic carbocycles. The van der Waals surface area contributed by atoms with Crippen LogP contribution in [-0.4, -0.2) is 82.3 Å². The van der Waals surface area contributed by atoms with E-state index in [-0.39, 0.29) is 23.9 Å². The number of rotatable bonds is 9. The maximum absolute atomic E-state index is 13.8.